The summed E-state index contributed by atoms with van der Waals surface area (Å²) in [4.78, 5) is 11.9. The topological polar surface area (TPSA) is 76.7 Å². The molecule has 0 aliphatic carbocycles. The van der Waals surface area contributed by atoms with Crippen molar-refractivity contribution < 1.29 is 13.3 Å². The third-order valence-corrected chi connectivity index (χ3v) is 2.64. The quantitative estimate of drug-likeness (QED) is 0.905. The van der Waals surface area contributed by atoms with E-state index in [0.717, 1.165) is 0 Å². The van der Waals surface area contributed by atoms with Crippen molar-refractivity contribution in [1.29, 1.82) is 0 Å². The number of nitrogens with one attached hydrogen (secondary N) is 1. The largest absolute Gasteiger partial charge is 0.337 e. The van der Waals surface area contributed by atoms with Crippen LogP contribution in [0, 0.1) is 0 Å². The van der Waals surface area contributed by atoms with Crippen LogP contribution in [-0.4, -0.2) is 32.6 Å². The number of rotatable bonds is 2. The molecule has 1 fully saturated rings. The number of hydrogen-bond acceptors (Lipinski definition) is 6. The second-order valence-corrected chi connectivity index (χ2v) is 4.04. The van der Waals surface area contributed by atoms with Crippen molar-refractivity contribution in [2.24, 2.45) is 0 Å². The third kappa shape index (κ3) is 2.85. The lowest BCUT2D eigenvalue weighted by Gasteiger charge is -2.04. The molecule has 9 heteroatoms. The molecule has 102 valence electrons. The maximum Gasteiger partial charge on any atom is 0.262 e. The second kappa shape index (κ2) is 5.14. The molecule has 0 amide bonds. The van der Waals surface area contributed by atoms with Crippen LogP contribution in [0.15, 0.2) is 23.1 Å². The molecule has 0 radical (unpaired) electrons. The zero-order chi connectivity index (χ0) is 12.6. The van der Waals surface area contributed by atoms with Gasteiger partial charge in [-0.15, -0.1) is 12.4 Å². The average molecular weight is 290 g/mol. The fourth-order valence-corrected chi connectivity index (χ4v) is 1.79. The van der Waals surface area contributed by atoms with Crippen LogP contribution in [0.1, 0.15) is 18.4 Å². The van der Waals surface area contributed by atoms with E-state index >= 15 is 0 Å². The van der Waals surface area contributed by atoms with Crippen LogP contribution in [0.5, 0.6) is 0 Å². The summed E-state index contributed by atoms with van der Waals surface area (Å²) >= 11 is 0. The van der Waals surface area contributed by atoms with Gasteiger partial charge in [-0.05, 0) is 0 Å². The number of aromatic nitrogens is 4. The van der Waals surface area contributed by atoms with E-state index in [1.165, 1.54) is 18.6 Å². The first-order chi connectivity index (χ1) is 8.64. The van der Waals surface area contributed by atoms with E-state index in [-0.39, 0.29) is 37.1 Å². The maximum absolute atomic E-state index is 13.0. The van der Waals surface area contributed by atoms with E-state index in [2.05, 4.69) is 25.4 Å². The van der Waals surface area contributed by atoms with E-state index < -0.39 is 12.0 Å². The fraction of sp³-hybridized carbons (Fsp3) is 0.400. The number of halogens is 3. The maximum atomic E-state index is 13.0. The lowest BCUT2D eigenvalue weighted by atomic mass is 10.2. The van der Waals surface area contributed by atoms with Gasteiger partial charge in [0.15, 0.2) is 0 Å². The Morgan fingerprint density at radius 2 is 2.21 bits per heavy atom. The Morgan fingerprint density at radius 3 is 2.84 bits per heavy atom. The van der Waals surface area contributed by atoms with Crippen molar-refractivity contribution in [2.45, 2.75) is 18.4 Å². The lowest BCUT2D eigenvalue weighted by Crippen LogP contribution is -2.19. The van der Waals surface area contributed by atoms with Gasteiger partial charge in [-0.3, -0.25) is 10.3 Å². The van der Waals surface area contributed by atoms with Gasteiger partial charge >= 0.3 is 0 Å². The molecule has 0 bridgehead atoms. The van der Waals surface area contributed by atoms with Crippen molar-refractivity contribution in [3.8, 4) is 11.5 Å². The minimum atomic E-state index is -2.73. The smallest absolute Gasteiger partial charge is 0.262 e. The summed E-state index contributed by atoms with van der Waals surface area (Å²) in [5.41, 5.74) is 0.442. The van der Waals surface area contributed by atoms with E-state index in [1.807, 2.05) is 0 Å². The van der Waals surface area contributed by atoms with Gasteiger partial charge in [0.1, 0.15) is 5.69 Å². The van der Waals surface area contributed by atoms with E-state index in [4.69, 9.17) is 4.52 Å². The Balaban J connectivity index is 0.00000133. The first-order valence-electron chi connectivity index (χ1n) is 5.35. The zero-order valence-corrected chi connectivity index (χ0v) is 10.4. The van der Waals surface area contributed by atoms with Crippen LogP contribution in [-0.2, 0) is 0 Å². The molecule has 3 rings (SSSR count). The summed E-state index contributed by atoms with van der Waals surface area (Å²) in [5.74, 6) is -2.34. The van der Waals surface area contributed by atoms with Crippen LogP contribution in [0.25, 0.3) is 11.5 Å². The Hall–Kier alpha value is -1.67. The summed E-state index contributed by atoms with van der Waals surface area (Å²) in [6.45, 7) is -0.374. The van der Waals surface area contributed by atoms with Crippen LogP contribution < -0.4 is 5.32 Å². The van der Waals surface area contributed by atoms with E-state index in [0.29, 0.717) is 5.69 Å². The van der Waals surface area contributed by atoms with Crippen molar-refractivity contribution in [2.75, 3.05) is 6.54 Å². The summed E-state index contributed by atoms with van der Waals surface area (Å²) < 4.78 is 31.0. The highest BCUT2D eigenvalue weighted by atomic mass is 35.5. The molecule has 0 saturated carbocycles. The van der Waals surface area contributed by atoms with Crippen LogP contribution in [0.3, 0.4) is 0 Å². The van der Waals surface area contributed by atoms with Crippen molar-refractivity contribution in [1.82, 2.24) is 25.4 Å². The van der Waals surface area contributed by atoms with Gasteiger partial charge in [0.25, 0.3) is 5.92 Å². The van der Waals surface area contributed by atoms with Crippen LogP contribution in [0.4, 0.5) is 8.78 Å². The van der Waals surface area contributed by atoms with Gasteiger partial charge in [-0.1, -0.05) is 5.16 Å². The predicted octanol–water partition coefficient (Wildman–Crippen LogP) is 1.62. The highest BCUT2D eigenvalue weighted by Gasteiger charge is 2.42. The predicted molar refractivity (Wildman–Crippen MR) is 62.9 cm³/mol. The molecule has 1 unspecified atom stereocenters. The van der Waals surface area contributed by atoms with Gasteiger partial charge in [0, 0.05) is 18.8 Å². The summed E-state index contributed by atoms with van der Waals surface area (Å²) in [6.07, 6.45) is 4.15. The molecular weight excluding hydrogens is 280 g/mol. The van der Waals surface area contributed by atoms with Crippen molar-refractivity contribution >= 4 is 12.4 Å². The lowest BCUT2D eigenvalue weighted by molar-refractivity contribution is 0.0200. The number of alkyl halides is 2. The van der Waals surface area contributed by atoms with Gasteiger partial charge in [-0.25, -0.2) is 13.8 Å². The molecule has 1 atom stereocenters. The molecule has 2 aromatic rings. The normalized spacial score (nSPS) is 21.1. The molecule has 1 N–H and O–H groups in total. The Bertz CT molecular complexity index is 550. The molecule has 1 aliphatic rings. The molecule has 6 nitrogen and oxygen atoms in total. The zero-order valence-electron chi connectivity index (χ0n) is 9.58. The number of nitrogens with zero attached hydrogens (tertiary/aromatic N) is 4. The molecule has 3 heterocycles. The average Bonchev–Trinajstić information content (AvgIpc) is 2.96. The van der Waals surface area contributed by atoms with Crippen molar-refractivity contribution in [3.63, 3.8) is 0 Å². The third-order valence-electron chi connectivity index (χ3n) is 2.64. The summed E-state index contributed by atoms with van der Waals surface area (Å²) in [7, 11) is 0. The highest BCUT2D eigenvalue weighted by molar-refractivity contribution is 5.85. The van der Waals surface area contributed by atoms with Crippen molar-refractivity contribution in [3.05, 3.63) is 24.5 Å². The van der Waals surface area contributed by atoms with E-state index in [1.54, 1.807) is 0 Å². The number of hydrogen-bond donors (Lipinski definition) is 1. The van der Waals surface area contributed by atoms with Gasteiger partial charge in [0.05, 0.1) is 18.8 Å². The Morgan fingerprint density at radius 1 is 1.37 bits per heavy atom. The SMILES string of the molecule is Cl.FC1(F)CNC(c2nc(-c3cnccn3)no2)C1. The fourth-order valence-electron chi connectivity index (χ4n) is 1.79. The molecule has 2 aromatic heterocycles. The molecule has 0 spiro atoms. The van der Waals surface area contributed by atoms with Gasteiger partial charge in [0.2, 0.25) is 11.7 Å². The minimum Gasteiger partial charge on any atom is -0.337 e. The monoisotopic (exact) mass is 289 g/mol. The molecule has 19 heavy (non-hydrogen) atoms. The standard InChI is InChI=1S/C10H9F2N5O.ClH/c11-10(12)3-6(15-5-10)9-16-8(17-18-9)7-4-13-1-2-14-7;/h1-2,4,6,15H,3,5H2;1H. The van der Waals surface area contributed by atoms with E-state index in [9.17, 15) is 8.78 Å². The summed E-state index contributed by atoms with van der Waals surface area (Å²) in [6, 6.07) is -0.613. The minimum absolute atomic E-state index is 0. The molecule has 1 saturated heterocycles. The Labute approximate surface area is 113 Å². The first kappa shape index (κ1) is 13.8. The first-order valence-corrected chi connectivity index (χ1v) is 5.35. The second-order valence-electron chi connectivity index (χ2n) is 4.04. The molecule has 0 aromatic carbocycles. The van der Waals surface area contributed by atoms with Crippen LogP contribution >= 0.6 is 12.4 Å². The van der Waals surface area contributed by atoms with Crippen LogP contribution in [0.2, 0.25) is 0 Å². The molecule has 1 aliphatic heterocycles. The Kier molecular flexibility index (Phi) is 3.72. The van der Waals surface area contributed by atoms with Gasteiger partial charge in [-0.2, -0.15) is 4.98 Å². The summed E-state index contributed by atoms with van der Waals surface area (Å²) in [5, 5.41) is 6.35. The van der Waals surface area contributed by atoms with Gasteiger partial charge < -0.3 is 4.52 Å². The highest BCUT2D eigenvalue weighted by Crippen LogP contribution is 2.33. The molecular formula is C10H10ClF2N5O.